The zero-order valence-electron chi connectivity index (χ0n) is 11.5. The zero-order chi connectivity index (χ0) is 14.8. The largest absolute Gasteiger partial charge is 0.296 e. The van der Waals surface area contributed by atoms with Gasteiger partial charge in [-0.05, 0) is 35.9 Å². The molecular weight excluding hydrogens is 267 g/mol. The Balaban J connectivity index is 2.06. The van der Waals surface area contributed by atoms with Crippen molar-refractivity contribution in [2.24, 2.45) is 7.05 Å². The summed E-state index contributed by atoms with van der Waals surface area (Å²) < 4.78 is 14.4. The fourth-order valence-corrected chi connectivity index (χ4v) is 2.13. The molecule has 0 aliphatic rings. The number of fused-ring (bicyclic) bond motifs is 1. The van der Waals surface area contributed by atoms with Gasteiger partial charge in [-0.25, -0.2) is 9.37 Å². The second kappa shape index (κ2) is 5.32. The minimum absolute atomic E-state index is 0.0839. The van der Waals surface area contributed by atoms with E-state index in [1.54, 1.807) is 37.4 Å². The van der Waals surface area contributed by atoms with Gasteiger partial charge in [-0.3, -0.25) is 9.36 Å². The molecule has 3 nitrogen and oxygen atoms in total. The predicted octanol–water partition coefficient (Wildman–Crippen LogP) is 3.24. The van der Waals surface area contributed by atoms with E-state index in [1.807, 2.05) is 18.2 Å². The summed E-state index contributed by atoms with van der Waals surface area (Å²) in [6.45, 7) is 0. The fourth-order valence-electron chi connectivity index (χ4n) is 2.13. The molecule has 0 N–H and O–H groups in total. The van der Waals surface area contributed by atoms with E-state index in [1.165, 1.54) is 16.7 Å². The maximum atomic E-state index is 12.9. The number of benzene rings is 2. The van der Waals surface area contributed by atoms with Gasteiger partial charge < -0.3 is 0 Å². The highest BCUT2D eigenvalue weighted by atomic mass is 19.1. The molecule has 0 atom stereocenters. The number of hydrogen-bond donors (Lipinski definition) is 0. The van der Waals surface area contributed by atoms with Crippen LogP contribution in [0.4, 0.5) is 4.39 Å². The summed E-state index contributed by atoms with van der Waals surface area (Å²) in [5, 5.41) is 0.596. The van der Waals surface area contributed by atoms with Crippen LogP contribution in [0.5, 0.6) is 0 Å². The van der Waals surface area contributed by atoms with Gasteiger partial charge in [0.25, 0.3) is 5.56 Å². The minimum Gasteiger partial charge on any atom is -0.296 e. The lowest BCUT2D eigenvalue weighted by atomic mass is 10.2. The van der Waals surface area contributed by atoms with Crippen LogP contribution in [0.3, 0.4) is 0 Å². The van der Waals surface area contributed by atoms with Crippen molar-refractivity contribution in [2.75, 3.05) is 0 Å². The summed E-state index contributed by atoms with van der Waals surface area (Å²) in [6, 6.07) is 13.4. The molecule has 0 amide bonds. The molecule has 1 aromatic heterocycles. The molecule has 1 heterocycles. The molecular formula is C17H13FN2O. The van der Waals surface area contributed by atoms with Gasteiger partial charge in [0.2, 0.25) is 0 Å². The van der Waals surface area contributed by atoms with Crippen LogP contribution in [0.25, 0.3) is 23.1 Å². The van der Waals surface area contributed by atoms with E-state index in [4.69, 9.17) is 0 Å². The Morgan fingerprint density at radius 2 is 1.76 bits per heavy atom. The van der Waals surface area contributed by atoms with Crippen molar-refractivity contribution < 1.29 is 4.39 Å². The minimum atomic E-state index is -0.275. The summed E-state index contributed by atoms with van der Waals surface area (Å²) in [5.74, 6) is 0.284. The Kier molecular flexibility index (Phi) is 3.36. The highest BCUT2D eigenvalue weighted by Gasteiger charge is 2.04. The molecule has 4 heteroatoms. The molecule has 0 spiro atoms. The Hall–Kier alpha value is -2.75. The monoisotopic (exact) mass is 280 g/mol. The zero-order valence-corrected chi connectivity index (χ0v) is 11.5. The average molecular weight is 280 g/mol. The molecule has 104 valence electrons. The van der Waals surface area contributed by atoms with Crippen LogP contribution >= 0.6 is 0 Å². The van der Waals surface area contributed by atoms with E-state index in [0.717, 1.165) is 5.56 Å². The lowest BCUT2D eigenvalue weighted by molar-refractivity contribution is 0.628. The standard InChI is InChI=1S/C17H13FN2O/c1-20-16(11-8-12-6-9-13(18)10-7-12)19-15-5-3-2-4-14(15)17(20)21/h2-11H,1H3/b11-8+. The van der Waals surface area contributed by atoms with Crippen LogP contribution in [0.1, 0.15) is 11.4 Å². The number of hydrogen-bond acceptors (Lipinski definition) is 2. The van der Waals surface area contributed by atoms with Gasteiger partial charge in [0.1, 0.15) is 11.6 Å². The summed E-state index contributed by atoms with van der Waals surface area (Å²) in [4.78, 5) is 16.7. The van der Waals surface area contributed by atoms with Gasteiger partial charge in [-0.1, -0.05) is 30.3 Å². The van der Waals surface area contributed by atoms with Crippen molar-refractivity contribution in [2.45, 2.75) is 0 Å². The van der Waals surface area contributed by atoms with E-state index in [2.05, 4.69) is 4.98 Å². The molecule has 0 fully saturated rings. The maximum Gasteiger partial charge on any atom is 0.261 e. The van der Waals surface area contributed by atoms with Crippen LogP contribution < -0.4 is 5.56 Å². The Morgan fingerprint density at radius 3 is 2.52 bits per heavy atom. The van der Waals surface area contributed by atoms with E-state index in [-0.39, 0.29) is 11.4 Å². The molecule has 0 bridgehead atoms. The topological polar surface area (TPSA) is 34.9 Å². The third-order valence-corrected chi connectivity index (χ3v) is 3.31. The molecule has 0 unspecified atom stereocenters. The van der Waals surface area contributed by atoms with E-state index >= 15 is 0 Å². The van der Waals surface area contributed by atoms with Gasteiger partial charge in [-0.15, -0.1) is 0 Å². The third kappa shape index (κ3) is 2.60. The lowest BCUT2D eigenvalue weighted by Crippen LogP contribution is -2.20. The number of rotatable bonds is 2. The van der Waals surface area contributed by atoms with Crippen molar-refractivity contribution >= 4 is 23.1 Å². The van der Waals surface area contributed by atoms with Gasteiger partial charge in [0.05, 0.1) is 10.9 Å². The summed E-state index contributed by atoms with van der Waals surface area (Å²) in [6.07, 6.45) is 3.55. The Bertz CT molecular complexity index is 879. The molecule has 3 aromatic rings. The van der Waals surface area contributed by atoms with Gasteiger partial charge in [-0.2, -0.15) is 0 Å². The van der Waals surface area contributed by atoms with Crippen LogP contribution in [-0.2, 0) is 7.05 Å². The highest BCUT2D eigenvalue weighted by Crippen LogP contribution is 2.10. The van der Waals surface area contributed by atoms with E-state index < -0.39 is 0 Å². The summed E-state index contributed by atoms with van der Waals surface area (Å²) in [7, 11) is 1.69. The van der Waals surface area contributed by atoms with E-state index in [0.29, 0.717) is 16.7 Å². The lowest BCUT2D eigenvalue weighted by Gasteiger charge is -2.05. The summed E-state index contributed by atoms with van der Waals surface area (Å²) >= 11 is 0. The van der Waals surface area contributed by atoms with Gasteiger partial charge >= 0.3 is 0 Å². The van der Waals surface area contributed by atoms with Crippen molar-refractivity contribution in [3.63, 3.8) is 0 Å². The average Bonchev–Trinajstić information content (AvgIpc) is 2.51. The molecule has 0 aliphatic heterocycles. The van der Waals surface area contributed by atoms with Crippen LogP contribution in [-0.4, -0.2) is 9.55 Å². The van der Waals surface area contributed by atoms with E-state index in [9.17, 15) is 9.18 Å². The van der Waals surface area contributed by atoms with Crippen LogP contribution in [0.2, 0.25) is 0 Å². The van der Waals surface area contributed by atoms with Crippen molar-refractivity contribution in [3.05, 3.63) is 76.1 Å². The Morgan fingerprint density at radius 1 is 1.05 bits per heavy atom. The number of aromatic nitrogens is 2. The van der Waals surface area contributed by atoms with Crippen LogP contribution in [0, 0.1) is 5.82 Å². The molecule has 0 radical (unpaired) electrons. The normalized spacial score (nSPS) is 11.3. The summed E-state index contributed by atoms with van der Waals surface area (Å²) in [5.41, 5.74) is 1.43. The number of nitrogens with zero attached hydrogens (tertiary/aromatic N) is 2. The highest BCUT2D eigenvalue weighted by molar-refractivity contribution is 5.79. The van der Waals surface area contributed by atoms with Crippen molar-refractivity contribution in [3.8, 4) is 0 Å². The molecule has 21 heavy (non-hydrogen) atoms. The quantitative estimate of drug-likeness (QED) is 0.722. The molecule has 0 aliphatic carbocycles. The fraction of sp³-hybridized carbons (Fsp3) is 0.0588. The molecule has 0 saturated heterocycles. The van der Waals surface area contributed by atoms with Crippen molar-refractivity contribution in [1.82, 2.24) is 9.55 Å². The first-order chi connectivity index (χ1) is 10.1. The maximum absolute atomic E-state index is 12.9. The third-order valence-electron chi connectivity index (χ3n) is 3.31. The smallest absolute Gasteiger partial charge is 0.261 e. The first kappa shape index (κ1) is 13.2. The molecule has 3 rings (SSSR count). The number of halogens is 1. The van der Waals surface area contributed by atoms with Gasteiger partial charge in [0, 0.05) is 7.05 Å². The first-order valence-corrected chi connectivity index (χ1v) is 6.54. The van der Waals surface area contributed by atoms with Crippen molar-refractivity contribution in [1.29, 1.82) is 0 Å². The second-order valence-electron chi connectivity index (χ2n) is 4.74. The second-order valence-corrected chi connectivity index (χ2v) is 4.74. The SMILES string of the molecule is Cn1c(/C=C/c2ccc(F)cc2)nc2ccccc2c1=O. The first-order valence-electron chi connectivity index (χ1n) is 6.54. The molecule has 2 aromatic carbocycles. The van der Waals surface area contributed by atoms with Gasteiger partial charge in [0.15, 0.2) is 0 Å². The Labute approximate surface area is 121 Å². The predicted molar refractivity (Wildman–Crippen MR) is 82.3 cm³/mol. The molecule has 0 saturated carbocycles. The number of para-hydroxylation sites is 1. The van der Waals surface area contributed by atoms with Crippen LogP contribution in [0.15, 0.2) is 53.3 Å².